The van der Waals surface area contributed by atoms with Crippen molar-refractivity contribution in [2.24, 2.45) is 7.05 Å². The summed E-state index contributed by atoms with van der Waals surface area (Å²) in [5.74, 6) is 0. The molecule has 0 fully saturated rings. The lowest BCUT2D eigenvalue weighted by Crippen LogP contribution is -2.28. The number of hydrogen-bond donors (Lipinski definition) is 1. The lowest BCUT2D eigenvalue weighted by atomic mass is 10.3. The van der Waals surface area contributed by atoms with Crippen LogP contribution >= 0.6 is 0 Å². The molecule has 1 heterocycles. The van der Waals surface area contributed by atoms with Gasteiger partial charge in [-0.05, 0) is 6.07 Å². The zero-order valence-corrected chi connectivity index (χ0v) is 8.11. The van der Waals surface area contributed by atoms with E-state index in [1.54, 1.807) is 25.4 Å². The lowest BCUT2D eigenvalue weighted by molar-refractivity contribution is 0.170. The number of pyridine rings is 1. The quantitative estimate of drug-likeness (QED) is 0.737. The minimum Gasteiger partial charge on any atom is -0.453 e. The summed E-state index contributed by atoms with van der Waals surface area (Å²) >= 11 is 0. The van der Waals surface area contributed by atoms with E-state index < -0.39 is 6.09 Å². The molecule has 1 amide bonds. The first-order valence-electron chi connectivity index (χ1n) is 4.11. The third kappa shape index (κ3) is 2.35. The van der Waals surface area contributed by atoms with Crippen LogP contribution in [-0.2, 0) is 18.3 Å². The number of hydrogen-bond acceptors (Lipinski definition) is 3. The summed E-state index contributed by atoms with van der Waals surface area (Å²) in [6.45, 7) is 0.181. The SMILES string of the molecule is COC(=O)NCc1cccn(C)c1=O. The maximum absolute atomic E-state index is 11.4. The van der Waals surface area contributed by atoms with E-state index in [4.69, 9.17) is 0 Å². The number of methoxy groups -OCH3 is 1. The van der Waals surface area contributed by atoms with Gasteiger partial charge >= 0.3 is 6.09 Å². The Balaban J connectivity index is 2.73. The van der Waals surface area contributed by atoms with Crippen molar-refractivity contribution in [2.45, 2.75) is 6.54 Å². The average molecular weight is 196 g/mol. The molecule has 0 radical (unpaired) electrons. The van der Waals surface area contributed by atoms with Gasteiger partial charge in [0.1, 0.15) is 0 Å². The maximum Gasteiger partial charge on any atom is 0.407 e. The van der Waals surface area contributed by atoms with Crippen LogP contribution < -0.4 is 10.9 Å². The number of nitrogens with zero attached hydrogens (tertiary/aromatic N) is 1. The Kier molecular flexibility index (Phi) is 3.28. The summed E-state index contributed by atoms with van der Waals surface area (Å²) in [6, 6.07) is 3.41. The van der Waals surface area contributed by atoms with Gasteiger partial charge in [0, 0.05) is 18.8 Å². The summed E-state index contributed by atoms with van der Waals surface area (Å²) in [5, 5.41) is 2.44. The summed E-state index contributed by atoms with van der Waals surface area (Å²) in [4.78, 5) is 22.2. The van der Waals surface area contributed by atoms with Gasteiger partial charge in [-0.25, -0.2) is 4.79 Å². The topological polar surface area (TPSA) is 60.3 Å². The van der Waals surface area contributed by atoms with E-state index >= 15 is 0 Å². The van der Waals surface area contributed by atoms with Gasteiger partial charge in [-0.3, -0.25) is 4.79 Å². The van der Waals surface area contributed by atoms with Gasteiger partial charge in [-0.2, -0.15) is 0 Å². The Labute approximate surface area is 81.3 Å². The molecular weight excluding hydrogens is 184 g/mol. The largest absolute Gasteiger partial charge is 0.453 e. The third-order valence-corrected chi connectivity index (χ3v) is 1.81. The molecule has 1 N–H and O–H groups in total. The van der Waals surface area contributed by atoms with E-state index in [0.717, 1.165) is 0 Å². The molecular formula is C9H12N2O3. The van der Waals surface area contributed by atoms with Crippen LogP contribution in [0.4, 0.5) is 4.79 Å². The molecule has 5 heteroatoms. The fraction of sp³-hybridized carbons (Fsp3) is 0.333. The molecule has 0 aliphatic rings. The fourth-order valence-corrected chi connectivity index (χ4v) is 1.03. The minimum atomic E-state index is -0.545. The predicted octanol–water partition coefficient (Wildman–Crippen LogP) is 0.241. The highest BCUT2D eigenvalue weighted by Crippen LogP contribution is 1.90. The number of carbonyl (C=O) groups excluding carboxylic acids is 1. The van der Waals surface area contributed by atoms with Crippen LogP contribution in [0.15, 0.2) is 23.1 Å². The van der Waals surface area contributed by atoms with Gasteiger partial charge in [-0.1, -0.05) is 6.07 Å². The second-order valence-corrected chi connectivity index (χ2v) is 2.79. The molecule has 76 valence electrons. The van der Waals surface area contributed by atoms with Crippen molar-refractivity contribution in [1.82, 2.24) is 9.88 Å². The first-order valence-corrected chi connectivity index (χ1v) is 4.11. The van der Waals surface area contributed by atoms with Crippen LogP contribution in [0.5, 0.6) is 0 Å². The Morgan fingerprint density at radius 2 is 2.36 bits per heavy atom. The molecule has 0 saturated heterocycles. The van der Waals surface area contributed by atoms with Crippen LogP contribution in [0.2, 0.25) is 0 Å². The lowest BCUT2D eigenvalue weighted by Gasteiger charge is -2.04. The van der Waals surface area contributed by atoms with Gasteiger partial charge in [-0.15, -0.1) is 0 Å². The van der Waals surface area contributed by atoms with E-state index in [0.29, 0.717) is 5.56 Å². The number of nitrogens with one attached hydrogen (secondary N) is 1. The van der Waals surface area contributed by atoms with Crippen LogP contribution in [0.25, 0.3) is 0 Å². The first-order chi connectivity index (χ1) is 6.65. The number of alkyl carbamates (subject to hydrolysis) is 1. The van der Waals surface area contributed by atoms with Crippen molar-refractivity contribution < 1.29 is 9.53 Å². The standard InChI is InChI=1S/C9H12N2O3/c1-11-5-3-4-7(8(11)12)6-10-9(13)14-2/h3-5H,6H2,1-2H3,(H,10,13). The molecule has 0 unspecified atom stereocenters. The normalized spacial score (nSPS) is 9.57. The number of carbonyl (C=O) groups is 1. The first kappa shape index (κ1) is 10.3. The zero-order valence-electron chi connectivity index (χ0n) is 8.11. The van der Waals surface area contributed by atoms with Crippen molar-refractivity contribution in [1.29, 1.82) is 0 Å². The Morgan fingerprint density at radius 3 is 3.00 bits per heavy atom. The van der Waals surface area contributed by atoms with Gasteiger partial charge < -0.3 is 14.6 Å². The third-order valence-electron chi connectivity index (χ3n) is 1.81. The number of aryl methyl sites for hydroxylation is 1. The van der Waals surface area contributed by atoms with Gasteiger partial charge in [0.25, 0.3) is 5.56 Å². The predicted molar refractivity (Wildman–Crippen MR) is 50.9 cm³/mol. The molecule has 1 aromatic rings. The molecule has 0 aromatic carbocycles. The Hall–Kier alpha value is -1.78. The molecule has 1 rings (SSSR count). The van der Waals surface area contributed by atoms with E-state index in [2.05, 4.69) is 10.1 Å². The molecule has 0 spiro atoms. The second-order valence-electron chi connectivity index (χ2n) is 2.79. The van der Waals surface area contributed by atoms with Crippen molar-refractivity contribution in [3.05, 3.63) is 34.2 Å². The smallest absolute Gasteiger partial charge is 0.407 e. The van der Waals surface area contributed by atoms with Crippen LogP contribution in [0.1, 0.15) is 5.56 Å². The van der Waals surface area contributed by atoms with Crippen molar-refractivity contribution >= 4 is 6.09 Å². The van der Waals surface area contributed by atoms with E-state index in [-0.39, 0.29) is 12.1 Å². The van der Waals surface area contributed by atoms with Crippen molar-refractivity contribution in [2.75, 3.05) is 7.11 Å². The molecule has 0 saturated carbocycles. The Bertz CT molecular complexity index is 384. The number of rotatable bonds is 2. The highest BCUT2D eigenvalue weighted by atomic mass is 16.5. The fourth-order valence-electron chi connectivity index (χ4n) is 1.03. The second kappa shape index (κ2) is 4.45. The van der Waals surface area contributed by atoms with Crippen molar-refractivity contribution in [3.63, 3.8) is 0 Å². The van der Waals surface area contributed by atoms with E-state index in [1.165, 1.54) is 11.7 Å². The average Bonchev–Trinajstić information content (AvgIpc) is 2.20. The number of amides is 1. The van der Waals surface area contributed by atoms with Gasteiger partial charge in [0.15, 0.2) is 0 Å². The molecule has 14 heavy (non-hydrogen) atoms. The highest BCUT2D eigenvalue weighted by Gasteiger charge is 2.02. The molecule has 0 atom stereocenters. The molecule has 5 nitrogen and oxygen atoms in total. The van der Waals surface area contributed by atoms with Crippen LogP contribution in [-0.4, -0.2) is 17.8 Å². The van der Waals surface area contributed by atoms with Crippen LogP contribution in [0.3, 0.4) is 0 Å². The van der Waals surface area contributed by atoms with Gasteiger partial charge in [0.2, 0.25) is 0 Å². The highest BCUT2D eigenvalue weighted by molar-refractivity contribution is 5.66. The molecule has 0 bridgehead atoms. The van der Waals surface area contributed by atoms with Crippen LogP contribution in [0, 0.1) is 0 Å². The zero-order chi connectivity index (χ0) is 10.6. The summed E-state index contributed by atoms with van der Waals surface area (Å²) in [5.41, 5.74) is 0.407. The molecule has 1 aromatic heterocycles. The van der Waals surface area contributed by atoms with Crippen molar-refractivity contribution in [3.8, 4) is 0 Å². The molecule has 0 aliphatic carbocycles. The number of ether oxygens (including phenoxy) is 1. The number of aromatic nitrogens is 1. The summed E-state index contributed by atoms with van der Waals surface area (Å²) < 4.78 is 5.84. The monoisotopic (exact) mass is 196 g/mol. The molecule has 0 aliphatic heterocycles. The summed E-state index contributed by atoms with van der Waals surface area (Å²) in [7, 11) is 2.93. The Morgan fingerprint density at radius 1 is 1.64 bits per heavy atom. The maximum atomic E-state index is 11.4. The summed E-state index contributed by atoms with van der Waals surface area (Å²) in [6.07, 6.45) is 1.11. The van der Waals surface area contributed by atoms with E-state index in [9.17, 15) is 9.59 Å². The van der Waals surface area contributed by atoms with E-state index in [1.807, 2.05) is 0 Å². The van der Waals surface area contributed by atoms with Gasteiger partial charge in [0.05, 0.1) is 13.7 Å². The minimum absolute atomic E-state index is 0.121.